The van der Waals surface area contributed by atoms with Gasteiger partial charge >= 0.3 is 5.97 Å². The molecule has 2 rings (SSSR count). The highest BCUT2D eigenvalue weighted by Gasteiger charge is 2.13. The molecule has 0 unspecified atom stereocenters. The summed E-state index contributed by atoms with van der Waals surface area (Å²) < 4.78 is 5.02. The molecule has 2 aromatic carbocycles. The molecule has 0 fully saturated rings. The lowest BCUT2D eigenvalue weighted by molar-refractivity contribution is 0.0526. The zero-order chi connectivity index (χ0) is 15.2. The number of nitriles is 1. The number of carbonyl (C=O) groups is 1. The molecular formula is C18H17NO2. The molecule has 0 bridgehead atoms. The van der Waals surface area contributed by atoms with Crippen LogP contribution < -0.4 is 0 Å². The maximum Gasteiger partial charge on any atom is 0.338 e. The third-order valence-corrected chi connectivity index (χ3v) is 3.38. The van der Waals surface area contributed by atoms with Crippen molar-refractivity contribution in [3.63, 3.8) is 0 Å². The van der Waals surface area contributed by atoms with Crippen LogP contribution >= 0.6 is 0 Å². The Kier molecular flexibility index (Phi) is 4.73. The number of esters is 1. The van der Waals surface area contributed by atoms with E-state index in [0.29, 0.717) is 24.2 Å². The number of hydrogen-bond donors (Lipinski definition) is 0. The summed E-state index contributed by atoms with van der Waals surface area (Å²) in [6.45, 7) is 4.00. The fourth-order valence-corrected chi connectivity index (χ4v) is 2.22. The van der Waals surface area contributed by atoms with E-state index < -0.39 is 0 Å². The van der Waals surface area contributed by atoms with Gasteiger partial charge in [-0.25, -0.2) is 4.79 Å². The van der Waals surface area contributed by atoms with Gasteiger partial charge in [0.15, 0.2) is 0 Å². The van der Waals surface area contributed by atoms with Gasteiger partial charge in [0.2, 0.25) is 0 Å². The quantitative estimate of drug-likeness (QED) is 0.803. The van der Waals surface area contributed by atoms with Gasteiger partial charge in [0.1, 0.15) is 0 Å². The predicted molar refractivity (Wildman–Crippen MR) is 81.1 cm³/mol. The molecule has 21 heavy (non-hydrogen) atoms. The predicted octanol–water partition coefficient (Wildman–Crippen LogP) is 3.63. The van der Waals surface area contributed by atoms with E-state index in [1.807, 2.05) is 43.3 Å². The van der Waals surface area contributed by atoms with Gasteiger partial charge in [-0.1, -0.05) is 30.3 Å². The van der Waals surface area contributed by atoms with E-state index in [1.165, 1.54) is 0 Å². The molecule has 0 atom stereocenters. The molecule has 0 saturated heterocycles. The molecule has 106 valence electrons. The lowest BCUT2D eigenvalue weighted by atomic mass is 9.94. The molecule has 0 radical (unpaired) electrons. The Labute approximate surface area is 124 Å². The summed E-state index contributed by atoms with van der Waals surface area (Å²) in [7, 11) is 0. The van der Waals surface area contributed by atoms with E-state index in [9.17, 15) is 10.1 Å². The van der Waals surface area contributed by atoms with Crippen LogP contribution in [-0.4, -0.2) is 12.6 Å². The van der Waals surface area contributed by atoms with Crippen LogP contribution in [0.4, 0.5) is 0 Å². The van der Waals surface area contributed by atoms with Gasteiger partial charge in [0.25, 0.3) is 0 Å². The zero-order valence-electron chi connectivity index (χ0n) is 12.2. The molecule has 0 aromatic heterocycles. The first-order chi connectivity index (χ1) is 10.2. The van der Waals surface area contributed by atoms with E-state index in [2.05, 4.69) is 6.07 Å². The normalized spacial score (nSPS) is 9.95. The maximum atomic E-state index is 11.9. The standard InChI is InChI=1S/C18H17NO2/c1-3-21-18(20)16-10-15(13(2)17(11-16)12-19)9-14-7-5-4-6-8-14/h4-8,10-11H,3,9H2,1-2H3. The van der Waals surface area contributed by atoms with Gasteiger partial charge in [-0.3, -0.25) is 0 Å². The minimum Gasteiger partial charge on any atom is -0.462 e. The summed E-state index contributed by atoms with van der Waals surface area (Å²) in [6, 6.07) is 15.6. The van der Waals surface area contributed by atoms with Crippen LogP contribution in [-0.2, 0) is 11.2 Å². The number of carbonyl (C=O) groups excluding carboxylic acids is 1. The maximum absolute atomic E-state index is 11.9. The Morgan fingerprint density at radius 3 is 2.57 bits per heavy atom. The number of ether oxygens (including phenoxy) is 1. The van der Waals surface area contributed by atoms with Crippen molar-refractivity contribution in [2.24, 2.45) is 0 Å². The van der Waals surface area contributed by atoms with Crippen LogP contribution in [0.25, 0.3) is 0 Å². The van der Waals surface area contributed by atoms with E-state index >= 15 is 0 Å². The lowest BCUT2D eigenvalue weighted by Crippen LogP contribution is -2.07. The Morgan fingerprint density at radius 2 is 1.95 bits per heavy atom. The topological polar surface area (TPSA) is 50.1 Å². The SMILES string of the molecule is CCOC(=O)c1cc(C#N)c(C)c(Cc2ccccc2)c1. The number of nitrogens with zero attached hydrogens (tertiary/aromatic N) is 1. The molecular weight excluding hydrogens is 262 g/mol. The van der Waals surface area contributed by atoms with Crippen LogP contribution in [0.15, 0.2) is 42.5 Å². The number of hydrogen-bond acceptors (Lipinski definition) is 3. The average Bonchev–Trinajstić information content (AvgIpc) is 2.50. The monoisotopic (exact) mass is 279 g/mol. The van der Waals surface area contributed by atoms with Crippen LogP contribution in [0.1, 0.15) is 39.5 Å². The van der Waals surface area contributed by atoms with E-state index in [0.717, 1.165) is 16.7 Å². The number of benzene rings is 2. The first-order valence-corrected chi connectivity index (χ1v) is 6.90. The van der Waals surface area contributed by atoms with Gasteiger partial charge in [-0.15, -0.1) is 0 Å². The molecule has 3 nitrogen and oxygen atoms in total. The number of rotatable bonds is 4. The molecule has 2 aromatic rings. The Hall–Kier alpha value is -2.60. The van der Waals surface area contributed by atoms with Crippen LogP contribution in [0.2, 0.25) is 0 Å². The third kappa shape index (κ3) is 3.49. The second kappa shape index (κ2) is 6.71. The molecule has 0 amide bonds. The molecule has 0 saturated carbocycles. The van der Waals surface area contributed by atoms with Crippen LogP contribution in [0, 0.1) is 18.3 Å². The summed E-state index contributed by atoms with van der Waals surface area (Å²) in [5.41, 5.74) is 3.99. The van der Waals surface area contributed by atoms with Crippen LogP contribution in [0.5, 0.6) is 0 Å². The second-order valence-electron chi connectivity index (χ2n) is 4.80. The molecule has 0 N–H and O–H groups in total. The zero-order valence-corrected chi connectivity index (χ0v) is 12.2. The van der Waals surface area contributed by atoms with Crippen molar-refractivity contribution in [3.05, 3.63) is 70.3 Å². The smallest absolute Gasteiger partial charge is 0.338 e. The van der Waals surface area contributed by atoms with Crippen LogP contribution in [0.3, 0.4) is 0 Å². The van der Waals surface area contributed by atoms with Crippen molar-refractivity contribution < 1.29 is 9.53 Å². The summed E-state index contributed by atoms with van der Waals surface area (Å²) in [4.78, 5) is 11.9. The van der Waals surface area contributed by atoms with Crippen molar-refractivity contribution in [1.82, 2.24) is 0 Å². The molecule has 3 heteroatoms. The second-order valence-corrected chi connectivity index (χ2v) is 4.80. The van der Waals surface area contributed by atoms with Crippen molar-refractivity contribution in [1.29, 1.82) is 5.26 Å². The Balaban J connectivity index is 2.42. The molecule has 0 aliphatic carbocycles. The fraction of sp³-hybridized carbons (Fsp3) is 0.222. The summed E-state index contributed by atoms with van der Waals surface area (Å²) in [5, 5.41) is 9.24. The summed E-state index contributed by atoms with van der Waals surface area (Å²) >= 11 is 0. The highest BCUT2D eigenvalue weighted by atomic mass is 16.5. The summed E-state index contributed by atoms with van der Waals surface area (Å²) in [5.74, 6) is -0.386. The first kappa shape index (κ1) is 14.8. The van der Waals surface area contributed by atoms with Crippen molar-refractivity contribution in [2.75, 3.05) is 6.61 Å². The van der Waals surface area contributed by atoms with Gasteiger partial charge in [0.05, 0.1) is 23.8 Å². The fourth-order valence-electron chi connectivity index (χ4n) is 2.22. The van der Waals surface area contributed by atoms with Crippen molar-refractivity contribution in [2.45, 2.75) is 20.3 Å². The third-order valence-electron chi connectivity index (χ3n) is 3.38. The molecule has 0 spiro atoms. The van der Waals surface area contributed by atoms with E-state index in [4.69, 9.17) is 4.74 Å². The first-order valence-electron chi connectivity index (χ1n) is 6.90. The summed E-state index contributed by atoms with van der Waals surface area (Å²) in [6.07, 6.45) is 0.689. The van der Waals surface area contributed by atoms with Gasteiger partial charge < -0.3 is 4.74 Å². The Bertz CT molecular complexity index is 684. The highest BCUT2D eigenvalue weighted by Crippen LogP contribution is 2.20. The average molecular weight is 279 g/mol. The molecule has 0 heterocycles. The molecule has 0 aliphatic heterocycles. The van der Waals surface area contributed by atoms with E-state index in [-0.39, 0.29) is 5.97 Å². The van der Waals surface area contributed by atoms with Gasteiger partial charge in [-0.2, -0.15) is 5.26 Å². The van der Waals surface area contributed by atoms with E-state index in [1.54, 1.807) is 13.0 Å². The minimum absolute atomic E-state index is 0.322. The minimum atomic E-state index is -0.386. The lowest BCUT2D eigenvalue weighted by Gasteiger charge is -2.11. The van der Waals surface area contributed by atoms with Gasteiger partial charge in [0, 0.05) is 0 Å². The van der Waals surface area contributed by atoms with Crippen molar-refractivity contribution >= 4 is 5.97 Å². The Morgan fingerprint density at radius 1 is 1.24 bits per heavy atom. The molecule has 0 aliphatic rings. The van der Waals surface area contributed by atoms with Gasteiger partial charge in [-0.05, 0) is 49.1 Å². The largest absolute Gasteiger partial charge is 0.462 e. The highest BCUT2D eigenvalue weighted by molar-refractivity contribution is 5.90. The van der Waals surface area contributed by atoms with Crippen molar-refractivity contribution in [3.8, 4) is 6.07 Å².